The fraction of sp³-hybridized carbons (Fsp3) is 0.200. The van der Waals surface area contributed by atoms with Gasteiger partial charge in [0.25, 0.3) is 0 Å². The SMILES string of the molecule is C/C=C(/C)c1cc[c]cc1. The molecule has 0 aliphatic carbocycles. The van der Waals surface area contributed by atoms with Crippen LogP contribution in [0.3, 0.4) is 0 Å². The van der Waals surface area contributed by atoms with Crippen LogP contribution < -0.4 is 0 Å². The standard InChI is InChI=1S/C10H11/c1-3-9(2)10-7-5-4-6-8-10/h3,5-8H,1-2H3/b9-3-. The van der Waals surface area contributed by atoms with Gasteiger partial charge in [-0.2, -0.15) is 0 Å². The van der Waals surface area contributed by atoms with Crippen LogP contribution in [0.15, 0.2) is 30.3 Å². The number of benzene rings is 1. The van der Waals surface area contributed by atoms with E-state index in [9.17, 15) is 0 Å². The lowest BCUT2D eigenvalue weighted by Gasteiger charge is -1.96. The van der Waals surface area contributed by atoms with Crippen molar-refractivity contribution in [2.45, 2.75) is 13.8 Å². The van der Waals surface area contributed by atoms with Crippen molar-refractivity contribution in [1.29, 1.82) is 0 Å². The van der Waals surface area contributed by atoms with Crippen molar-refractivity contribution in [1.82, 2.24) is 0 Å². The summed E-state index contributed by atoms with van der Waals surface area (Å²) < 4.78 is 0. The molecule has 0 aliphatic rings. The third-order valence-electron chi connectivity index (χ3n) is 1.61. The van der Waals surface area contributed by atoms with Crippen molar-refractivity contribution < 1.29 is 0 Å². The minimum absolute atomic E-state index is 1.28. The van der Waals surface area contributed by atoms with E-state index >= 15 is 0 Å². The summed E-state index contributed by atoms with van der Waals surface area (Å²) in [6, 6.07) is 11.0. The van der Waals surface area contributed by atoms with Crippen molar-refractivity contribution in [2.75, 3.05) is 0 Å². The van der Waals surface area contributed by atoms with Crippen LogP contribution in [-0.2, 0) is 0 Å². The van der Waals surface area contributed by atoms with Gasteiger partial charge in [-0.3, -0.25) is 0 Å². The molecule has 0 heteroatoms. The van der Waals surface area contributed by atoms with Crippen molar-refractivity contribution >= 4 is 5.57 Å². The van der Waals surface area contributed by atoms with E-state index in [-0.39, 0.29) is 0 Å². The predicted molar refractivity (Wildman–Crippen MR) is 44.6 cm³/mol. The van der Waals surface area contributed by atoms with Gasteiger partial charge < -0.3 is 0 Å². The number of hydrogen-bond acceptors (Lipinski definition) is 0. The van der Waals surface area contributed by atoms with Gasteiger partial charge in [0, 0.05) is 0 Å². The largest absolute Gasteiger partial charge is 0.0841 e. The van der Waals surface area contributed by atoms with Crippen LogP contribution in [-0.4, -0.2) is 0 Å². The lowest BCUT2D eigenvalue weighted by atomic mass is 10.1. The number of rotatable bonds is 1. The molecule has 0 heterocycles. The molecule has 0 nitrogen and oxygen atoms in total. The molecular formula is C10H11. The van der Waals surface area contributed by atoms with Gasteiger partial charge in [-0.1, -0.05) is 30.3 Å². The first-order chi connectivity index (χ1) is 4.84. The van der Waals surface area contributed by atoms with Crippen molar-refractivity contribution in [3.05, 3.63) is 42.0 Å². The van der Waals surface area contributed by atoms with E-state index in [4.69, 9.17) is 0 Å². The second-order valence-corrected chi connectivity index (χ2v) is 2.26. The summed E-state index contributed by atoms with van der Waals surface area (Å²) in [4.78, 5) is 0. The first-order valence-electron chi connectivity index (χ1n) is 3.44. The predicted octanol–water partition coefficient (Wildman–Crippen LogP) is 2.91. The minimum atomic E-state index is 1.28. The molecule has 0 unspecified atom stereocenters. The van der Waals surface area contributed by atoms with Crippen LogP contribution in [0.25, 0.3) is 5.57 Å². The minimum Gasteiger partial charge on any atom is -0.0841 e. The van der Waals surface area contributed by atoms with E-state index < -0.39 is 0 Å². The summed E-state index contributed by atoms with van der Waals surface area (Å²) in [5, 5.41) is 0. The Morgan fingerprint density at radius 1 is 1.40 bits per heavy atom. The summed E-state index contributed by atoms with van der Waals surface area (Å²) >= 11 is 0. The van der Waals surface area contributed by atoms with Crippen LogP contribution in [0.2, 0.25) is 0 Å². The van der Waals surface area contributed by atoms with Crippen LogP contribution in [0.5, 0.6) is 0 Å². The summed E-state index contributed by atoms with van der Waals surface area (Å²) in [6.45, 7) is 4.15. The normalized spacial score (nSPS) is 11.6. The second kappa shape index (κ2) is 3.21. The monoisotopic (exact) mass is 131 g/mol. The van der Waals surface area contributed by atoms with Gasteiger partial charge in [-0.15, -0.1) is 0 Å². The fourth-order valence-electron chi connectivity index (χ4n) is 0.816. The molecule has 0 bridgehead atoms. The highest BCUT2D eigenvalue weighted by Gasteiger charge is 1.88. The van der Waals surface area contributed by atoms with E-state index in [1.54, 1.807) is 0 Å². The second-order valence-electron chi connectivity index (χ2n) is 2.26. The molecule has 1 aromatic rings. The van der Waals surface area contributed by atoms with Gasteiger partial charge in [0.05, 0.1) is 0 Å². The van der Waals surface area contributed by atoms with Crippen LogP contribution in [0.4, 0.5) is 0 Å². The molecule has 1 radical (unpaired) electrons. The Labute approximate surface area is 62.2 Å². The fourth-order valence-corrected chi connectivity index (χ4v) is 0.816. The summed E-state index contributed by atoms with van der Waals surface area (Å²) in [5.41, 5.74) is 2.59. The van der Waals surface area contributed by atoms with Crippen LogP contribution >= 0.6 is 0 Å². The van der Waals surface area contributed by atoms with Gasteiger partial charge in [-0.25, -0.2) is 0 Å². The molecular weight excluding hydrogens is 120 g/mol. The third-order valence-corrected chi connectivity index (χ3v) is 1.61. The Hall–Kier alpha value is -1.04. The molecule has 0 amide bonds. The molecule has 0 spiro atoms. The molecule has 1 aromatic carbocycles. The Kier molecular flexibility index (Phi) is 2.27. The maximum Gasteiger partial charge on any atom is -0.0184 e. The van der Waals surface area contributed by atoms with E-state index in [0.29, 0.717) is 0 Å². The van der Waals surface area contributed by atoms with Crippen LogP contribution in [0, 0.1) is 6.07 Å². The van der Waals surface area contributed by atoms with Gasteiger partial charge in [-0.05, 0) is 31.1 Å². The zero-order valence-electron chi connectivity index (χ0n) is 6.39. The Morgan fingerprint density at radius 2 is 2.00 bits per heavy atom. The quantitative estimate of drug-likeness (QED) is 0.549. The van der Waals surface area contributed by atoms with Crippen LogP contribution in [0.1, 0.15) is 19.4 Å². The number of allylic oxidation sites excluding steroid dienone is 2. The van der Waals surface area contributed by atoms with Gasteiger partial charge in [0.15, 0.2) is 0 Å². The zero-order valence-corrected chi connectivity index (χ0v) is 6.39. The van der Waals surface area contributed by atoms with Crippen molar-refractivity contribution in [3.8, 4) is 0 Å². The maximum absolute atomic E-state index is 2.98. The van der Waals surface area contributed by atoms with E-state index in [0.717, 1.165) is 0 Å². The average Bonchev–Trinajstić information content (AvgIpc) is 2.05. The highest BCUT2D eigenvalue weighted by atomic mass is 13.9. The Bertz CT molecular complexity index is 219. The molecule has 0 aromatic heterocycles. The molecule has 51 valence electrons. The third kappa shape index (κ3) is 1.47. The highest BCUT2D eigenvalue weighted by Crippen LogP contribution is 2.10. The van der Waals surface area contributed by atoms with Gasteiger partial charge in [0.2, 0.25) is 0 Å². The molecule has 10 heavy (non-hydrogen) atoms. The summed E-state index contributed by atoms with van der Waals surface area (Å²) in [6.07, 6.45) is 2.11. The highest BCUT2D eigenvalue weighted by molar-refractivity contribution is 5.62. The molecule has 0 aliphatic heterocycles. The number of hydrogen-bond donors (Lipinski definition) is 0. The molecule has 0 fully saturated rings. The first-order valence-corrected chi connectivity index (χ1v) is 3.44. The summed E-state index contributed by atoms with van der Waals surface area (Å²) in [5.74, 6) is 0. The molecule has 0 N–H and O–H groups in total. The zero-order chi connectivity index (χ0) is 7.40. The molecule has 0 saturated heterocycles. The van der Waals surface area contributed by atoms with Gasteiger partial charge in [0.1, 0.15) is 0 Å². The van der Waals surface area contributed by atoms with E-state index in [2.05, 4.69) is 31.2 Å². The molecule has 0 atom stereocenters. The molecule has 0 saturated carbocycles. The molecule has 1 rings (SSSR count). The van der Waals surface area contributed by atoms with Gasteiger partial charge >= 0.3 is 0 Å². The van der Waals surface area contributed by atoms with E-state index in [1.807, 2.05) is 19.1 Å². The lowest BCUT2D eigenvalue weighted by molar-refractivity contribution is 1.54. The van der Waals surface area contributed by atoms with Crippen molar-refractivity contribution in [3.63, 3.8) is 0 Å². The maximum atomic E-state index is 2.98. The lowest BCUT2D eigenvalue weighted by Crippen LogP contribution is -1.75. The average molecular weight is 131 g/mol. The first kappa shape index (κ1) is 7.07. The Balaban J connectivity index is 2.96. The smallest absolute Gasteiger partial charge is 0.0184 e. The topological polar surface area (TPSA) is 0 Å². The van der Waals surface area contributed by atoms with Crippen molar-refractivity contribution in [2.24, 2.45) is 0 Å². The van der Waals surface area contributed by atoms with E-state index in [1.165, 1.54) is 11.1 Å². The Morgan fingerprint density at radius 3 is 2.50 bits per heavy atom. The summed E-state index contributed by atoms with van der Waals surface area (Å²) in [7, 11) is 0.